The van der Waals surface area contributed by atoms with Crippen LogP contribution >= 0.6 is 0 Å². The van der Waals surface area contributed by atoms with E-state index in [0.717, 1.165) is 16.9 Å². The Bertz CT molecular complexity index is 644. The summed E-state index contributed by atoms with van der Waals surface area (Å²) in [5.74, 6) is 0.00318. The molecule has 0 heterocycles. The van der Waals surface area contributed by atoms with Crippen molar-refractivity contribution in [2.75, 3.05) is 26.2 Å². The zero-order chi connectivity index (χ0) is 21.1. The molecule has 2 atom stereocenters. The van der Waals surface area contributed by atoms with Crippen LogP contribution < -0.4 is 15.5 Å². The van der Waals surface area contributed by atoms with Crippen molar-refractivity contribution in [1.29, 1.82) is 0 Å². The second-order valence-corrected chi connectivity index (χ2v) is 7.35. The van der Waals surface area contributed by atoms with Gasteiger partial charge < -0.3 is 15.0 Å². The van der Waals surface area contributed by atoms with Crippen LogP contribution in [0, 0.1) is 5.92 Å². The number of nitrogens with one attached hydrogen (secondary N) is 3. The molecule has 0 bridgehead atoms. The van der Waals surface area contributed by atoms with Crippen LogP contribution in [0.2, 0.25) is 0 Å². The summed E-state index contributed by atoms with van der Waals surface area (Å²) in [5.41, 5.74) is 2.32. The van der Waals surface area contributed by atoms with Crippen molar-refractivity contribution in [2.45, 2.75) is 47.1 Å². The Morgan fingerprint density at radius 2 is 1.61 bits per heavy atom. The highest BCUT2D eigenvalue weighted by Crippen LogP contribution is 2.15. The lowest BCUT2D eigenvalue weighted by Gasteiger charge is -2.19. The summed E-state index contributed by atoms with van der Waals surface area (Å²) in [6.45, 7) is 10.8. The molecule has 1 aromatic rings. The lowest BCUT2D eigenvalue weighted by atomic mass is 10.00. The lowest BCUT2D eigenvalue weighted by molar-refractivity contribution is -0.881. The zero-order valence-corrected chi connectivity index (χ0v) is 17.6. The fraction of sp³-hybridized carbons (Fsp3) is 0.571. The largest absolute Gasteiger partial charge is 0.450 e. The molecule has 7 nitrogen and oxygen atoms in total. The third-order valence-corrected chi connectivity index (χ3v) is 4.34. The van der Waals surface area contributed by atoms with E-state index in [4.69, 9.17) is 0 Å². The maximum atomic E-state index is 12.4. The molecule has 3 N–H and O–H groups in total. The highest BCUT2D eigenvalue weighted by Gasteiger charge is 2.20. The van der Waals surface area contributed by atoms with Crippen LogP contribution in [0.15, 0.2) is 24.3 Å². The molecular formula is C21H34N3O4+. The molecule has 0 radical (unpaired) electrons. The van der Waals surface area contributed by atoms with E-state index >= 15 is 0 Å². The third kappa shape index (κ3) is 8.99. The molecule has 0 aliphatic carbocycles. The highest BCUT2D eigenvalue weighted by atomic mass is 16.5. The fourth-order valence-corrected chi connectivity index (χ4v) is 2.88. The van der Waals surface area contributed by atoms with Gasteiger partial charge >= 0.3 is 6.09 Å². The summed E-state index contributed by atoms with van der Waals surface area (Å²) in [6, 6.07) is 8.16. The smallest absolute Gasteiger partial charge is 0.414 e. The Kier molecular flexibility index (Phi) is 10.2. The second kappa shape index (κ2) is 12.1. The van der Waals surface area contributed by atoms with E-state index in [1.807, 2.05) is 26.0 Å². The summed E-state index contributed by atoms with van der Waals surface area (Å²) < 4.78 is 4.68. The van der Waals surface area contributed by atoms with E-state index in [0.29, 0.717) is 12.5 Å². The van der Waals surface area contributed by atoms with Crippen molar-refractivity contribution in [3.05, 3.63) is 35.4 Å². The number of ether oxygens (including phenoxy) is 1. The predicted octanol–water partition coefficient (Wildman–Crippen LogP) is 1.24. The van der Waals surface area contributed by atoms with Crippen molar-refractivity contribution < 1.29 is 24.0 Å². The molecule has 0 spiro atoms. The fourth-order valence-electron chi connectivity index (χ4n) is 2.88. The van der Waals surface area contributed by atoms with E-state index in [2.05, 4.69) is 41.4 Å². The number of rotatable bonds is 10. The van der Waals surface area contributed by atoms with E-state index in [9.17, 15) is 14.4 Å². The SMILES string of the molecule is CCOC(=O)NC(=O)C[NH+](CC)CC(=O)N[C@H](C)c1ccc(CC(C)C)cc1. The monoisotopic (exact) mass is 392 g/mol. The summed E-state index contributed by atoms with van der Waals surface area (Å²) in [6.07, 6.45) is 0.269. The van der Waals surface area contributed by atoms with Crippen LogP contribution in [0.5, 0.6) is 0 Å². The van der Waals surface area contributed by atoms with Crippen molar-refractivity contribution in [1.82, 2.24) is 10.6 Å². The van der Waals surface area contributed by atoms with E-state index in [1.54, 1.807) is 6.92 Å². The standard InChI is InChI=1S/C21H33N3O4/c1-6-24(14-20(26)23-21(27)28-7-2)13-19(25)22-16(5)18-10-8-17(9-11-18)12-15(3)4/h8-11,15-16H,6-7,12-14H2,1-5H3,(H,22,25)(H,23,26,27)/p+1/t16-/m1/s1. The molecule has 1 rings (SSSR count). The quantitative estimate of drug-likeness (QED) is 0.559. The molecule has 28 heavy (non-hydrogen) atoms. The highest BCUT2D eigenvalue weighted by molar-refractivity contribution is 5.92. The van der Waals surface area contributed by atoms with Gasteiger partial charge in [0.2, 0.25) is 0 Å². The maximum Gasteiger partial charge on any atom is 0.414 e. The van der Waals surface area contributed by atoms with Crippen LogP contribution in [0.4, 0.5) is 4.79 Å². The Hall–Kier alpha value is -2.41. The number of hydrogen-bond donors (Lipinski definition) is 3. The first-order chi connectivity index (χ1) is 13.2. The van der Waals surface area contributed by atoms with E-state index < -0.39 is 12.0 Å². The Morgan fingerprint density at radius 1 is 1.00 bits per heavy atom. The summed E-state index contributed by atoms with van der Waals surface area (Å²) >= 11 is 0. The molecule has 0 saturated heterocycles. The second-order valence-electron chi connectivity index (χ2n) is 7.35. The minimum Gasteiger partial charge on any atom is -0.450 e. The molecule has 7 heteroatoms. The van der Waals surface area contributed by atoms with Gasteiger partial charge in [0, 0.05) is 0 Å². The summed E-state index contributed by atoms with van der Waals surface area (Å²) in [4.78, 5) is 36.3. The minimum absolute atomic E-state index is 0.0288. The van der Waals surface area contributed by atoms with E-state index in [1.165, 1.54) is 5.56 Å². The van der Waals surface area contributed by atoms with Crippen LogP contribution in [-0.2, 0) is 20.7 Å². The number of alkyl carbamates (subject to hydrolysis) is 1. The first-order valence-corrected chi connectivity index (χ1v) is 9.93. The number of benzene rings is 1. The van der Waals surface area contributed by atoms with Crippen molar-refractivity contribution >= 4 is 17.9 Å². The number of imide groups is 1. The number of amides is 3. The molecule has 0 fully saturated rings. The molecular weight excluding hydrogens is 358 g/mol. The average Bonchev–Trinajstić information content (AvgIpc) is 2.61. The van der Waals surface area contributed by atoms with Crippen LogP contribution in [0.3, 0.4) is 0 Å². The number of carbonyl (C=O) groups excluding carboxylic acids is 3. The Morgan fingerprint density at radius 3 is 2.14 bits per heavy atom. The van der Waals surface area contributed by atoms with Gasteiger partial charge in [0.15, 0.2) is 13.1 Å². The average molecular weight is 393 g/mol. The first kappa shape index (κ1) is 23.6. The minimum atomic E-state index is -0.762. The van der Waals surface area contributed by atoms with Gasteiger partial charge in [-0.1, -0.05) is 38.1 Å². The van der Waals surface area contributed by atoms with Gasteiger partial charge in [0.05, 0.1) is 19.2 Å². The van der Waals surface area contributed by atoms with Gasteiger partial charge in [-0.25, -0.2) is 4.79 Å². The van der Waals surface area contributed by atoms with Crippen molar-refractivity contribution in [3.8, 4) is 0 Å². The van der Waals surface area contributed by atoms with Gasteiger partial charge in [0.1, 0.15) is 0 Å². The molecule has 3 amide bonds. The normalized spacial score (nSPS) is 12.9. The number of likely N-dealkylation sites (N-methyl/N-ethyl adjacent to an activating group) is 1. The zero-order valence-electron chi connectivity index (χ0n) is 17.6. The molecule has 0 aliphatic rings. The first-order valence-electron chi connectivity index (χ1n) is 9.93. The van der Waals surface area contributed by atoms with E-state index in [-0.39, 0.29) is 31.6 Å². The predicted molar refractivity (Wildman–Crippen MR) is 108 cm³/mol. The van der Waals surface area contributed by atoms with Crippen molar-refractivity contribution in [3.63, 3.8) is 0 Å². The topological polar surface area (TPSA) is 88.9 Å². The lowest BCUT2D eigenvalue weighted by Crippen LogP contribution is -3.14. The van der Waals surface area contributed by atoms with Gasteiger partial charge in [-0.3, -0.25) is 14.9 Å². The molecule has 0 aromatic heterocycles. The van der Waals surface area contributed by atoms with Crippen LogP contribution in [0.1, 0.15) is 51.8 Å². The Labute approximate surface area is 167 Å². The molecule has 0 aliphatic heterocycles. The molecule has 1 unspecified atom stereocenters. The molecule has 1 aromatic carbocycles. The Balaban J connectivity index is 2.51. The van der Waals surface area contributed by atoms with Gasteiger partial charge in [-0.2, -0.15) is 0 Å². The van der Waals surface area contributed by atoms with Crippen LogP contribution in [-0.4, -0.2) is 44.1 Å². The van der Waals surface area contributed by atoms with Gasteiger partial charge in [-0.15, -0.1) is 0 Å². The molecule has 156 valence electrons. The summed E-state index contributed by atoms with van der Waals surface area (Å²) in [7, 11) is 0. The molecule has 0 saturated carbocycles. The summed E-state index contributed by atoms with van der Waals surface area (Å²) in [5, 5.41) is 5.12. The van der Waals surface area contributed by atoms with Gasteiger partial charge in [0.25, 0.3) is 11.8 Å². The van der Waals surface area contributed by atoms with Crippen LogP contribution in [0.25, 0.3) is 0 Å². The number of hydrogen-bond acceptors (Lipinski definition) is 4. The maximum absolute atomic E-state index is 12.4. The van der Waals surface area contributed by atoms with Gasteiger partial charge in [-0.05, 0) is 44.2 Å². The number of quaternary nitrogens is 1. The number of carbonyl (C=O) groups is 3. The van der Waals surface area contributed by atoms with Crippen molar-refractivity contribution in [2.24, 2.45) is 5.92 Å². The third-order valence-electron chi connectivity index (χ3n) is 4.34.